The maximum absolute atomic E-state index is 5.84. The van der Waals surface area contributed by atoms with Crippen molar-refractivity contribution in [1.29, 1.82) is 0 Å². The molecule has 7 heteroatoms. The van der Waals surface area contributed by atoms with Gasteiger partial charge in [0, 0.05) is 6.42 Å². The lowest BCUT2D eigenvalue weighted by Crippen LogP contribution is -2.25. The van der Waals surface area contributed by atoms with Gasteiger partial charge < -0.3 is 20.5 Å². The predicted octanol–water partition coefficient (Wildman–Crippen LogP) is 1.27. The molecule has 0 bridgehead atoms. The van der Waals surface area contributed by atoms with E-state index in [1.54, 1.807) is 0 Å². The van der Waals surface area contributed by atoms with Crippen molar-refractivity contribution in [2.45, 2.75) is 19.4 Å². The molecule has 3 N–H and O–H groups in total. The summed E-state index contributed by atoms with van der Waals surface area (Å²) in [5, 5.41) is 3.11. The standard InChI is InChI=1S/C14H17N5O2/c1-2-20-14-18-12(15)17-13(19-14)16-8-10-7-9-5-3-4-6-11(9)21-10/h3-6,10H,2,7-8H2,1H3,(H3,15,16,17,18,19). The third-order valence-electron chi connectivity index (χ3n) is 3.11. The Kier molecular flexibility index (Phi) is 3.72. The van der Waals surface area contributed by atoms with Gasteiger partial charge in [-0.25, -0.2) is 0 Å². The number of nitrogens with zero attached hydrogens (tertiary/aromatic N) is 3. The van der Waals surface area contributed by atoms with Crippen molar-refractivity contribution in [2.24, 2.45) is 0 Å². The van der Waals surface area contributed by atoms with Gasteiger partial charge in [0.2, 0.25) is 11.9 Å². The second-order valence-electron chi connectivity index (χ2n) is 4.67. The molecule has 0 saturated heterocycles. The fraction of sp³-hybridized carbons (Fsp3) is 0.357. The van der Waals surface area contributed by atoms with E-state index < -0.39 is 0 Å². The van der Waals surface area contributed by atoms with E-state index in [1.807, 2.05) is 25.1 Å². The first kappa shape index (κ1) is 13.4. The number of nitrogens with two attached hydrogens (primary N) is 1. The summed E-state index contributed by atoms with van der Waals surface area (Å²) in [6.07, 6.45) is 0.915. The number of fused-ring (bicyclic) bond motifs is 1. The van der Waals surface area contributed by atoms with Gasteiger partial charge in [-0.15, -0.1) is 0 Å². The number of hydrogen-bond donors (Lipinski definition) is 2. The van der Waals surface area contributed by atoms with Crippen LogP contribution in [-0.4, -0.2) is 34.2 Å². The summed E-state index contributed by atoms with van der Waals surface area (Å²) in [4.78, 5) is 12.1. The number of anilines is 2. The molecule has 1 unspecified atom stereocenters. The highest BCUT2D eigenvalue weighted by Crippen LogP contribution is 2.28. The van der Waals surface area contributed by atoms with E-state index in [0.717, 1.165) is 12.2 Å². The minimum absolute atomic E-state index is 0.0518. The lowest BCUT2D eigenvalue weighted by atomic mass is 10.1. The van der Waals surface area contributed by atoms with Crippen molar-refractivity contribution < 1.29 is 9.47 Å². The lowest BCUT2D eigenvalue weighted by molar-refractivity contribution is 0.246. The first-order valence-corrected chi connectivity index (χ1v) is 6.87. The van der Waals surface area contributed by atoms with Gasteiger partial charge in [-0.3, -0.25) is 0 Å². The largest absolute Gasteiger partial charge is 0.488 e. The van der Waals surface area contributed by atoms with Crippen LogP contribution in [0.2, 0.25) is 0 Å². The normalized spacial score (nSPS) is 16.1. The van der Waals surface area contributed by atoms with Crippen molar-refractivity contribution >= 4 is 11.9 Å². The van der Waals surface area contributed by atoms with Crippen molar-refractivity contribution in [3.8, 4) is 11.8 Å². The number of rotatable bonds is 5. The smallest absolute Gasteiger partial charge is 0.323 e. The molecule has 3 rings (SSSR count). The number of nitrogen functional groups attached to an aromatic ring is 1. The second-order valence-corrected chi connectivity index (χ2v) is 4.67. The predicted molar refractivity (Wildman–Crippen MR) is 78.5 cm³/mol. The SMILES string of the molecule is CCOc1nc(N)nc(NCC2Cc3ccccc3O2)n1. The van der Waals surface area contributed by atoms with Crippen LogP contribution in [-0.2, 0) is 6.42 Å². The molecule has 1 aliphatic heterocycles. The number of benzene rings is 1. The highest BCUT2D eigenvalue weighted by molar-refractivity contribution is 5.38. The van der Waals surface area contributed by atoms with Gasteiger partial charge in [-0.05, 0) is 18.6 Å². The molecular weight excluding hydrogens is 270 g/mol. The molecule has 1 atom stereocenters. The molecule has 21 heavy (non-hydrogen) atoms. The molecule has 0 amide bonds. The molecular formula is C14H17N5O2. The fourth-order valence-corrected chi connectivity index (χ4v) is 2.22. The van der Waals surface area contributed by atoms with Crippen molar-refractivity contribution in [2.75, 3.05) is 24.2 Å². The van der Waals surface area contributed by atoms with Crippen molar-refractivity contribution in [3.05, 3.63) is 29.8 Å². The van der Waals surface area contributed by atoms with Crippen LogP contribution < -0.4 is 20.5 Å². The van der Waals surface area contributed by atoms with Gasteiger partial charge in [0.1, 0.15) is 11.9 Å². The molecule has 0 radical (unpaired) electrons. The summed E-state index contributed by atoms with van der Waals surface area (Å²) < 4.78 is 11.1. The van der Waals surface area contributed by atoms with Crippen LogP contribution in [0, 0.1) is 0 Å². The summed E-state index contributed by atoms with van der Waals surface area (Å²) in [7, 11) is 0. The van der Waals surface area contributed by atoms with Gasteiger partial charge >= 0.3 is 6.01 Å². The van der Waals surface area contributed by atoms with Crippen LogP contribution in [0.15, 0.2) is 24.3 Å². The van der Waals surface area contributed by atoms with E-state index in [2.05, 4.69) is 26.3 Å². The number of ether oxygens (including phenoxy) is 2. The van der Waals surface area contributed by atoms with Gasteiger partial charge in [0.25, 0.3) is 0 Å². The Labute approximate surface area is 122 Å². The van der Waals surface area contributed by atoms with Gasteiger partial charge in [-0.1, -0.05) is 18.2 Å². The van der Waals surface area contributed by atoms with Crippen molar-refractivity contribution in [3.63, 3.8) is 0 Å². The van der Waals surface area contributed by atoms with Crippen LogP contribution in [0.25, 0.3) is 0 Å². The van der Waals surface area contributed by atoms with Gasteiger partial charge in [-0.2, -0.15) is 15.0 Å². The maximum Gasteiger partial charge on any atom is 0.323 e. The van der Waals surface area contributed by atoms with E-state index >= 15 is 0 Å². The molecule has 1 aromatic carbocycles. The number of para-hydroxylation sites is 1. The van der Waals surface area contributed by atoms with Gasteiger partial charge in [0.15, 0.2) is 0 Å². The number of hydrogen-bond acceptors (Lipinski definition) is 7. The minimum Gasteiger partial charge on any atom is -0.488 e. The molecule has 0 aliphatic carbocycles. The summed E-state index contributed by atoms with van der Waals surface area (Å²) in [6, 6.07) is 8.25. The summed E-state index contributed by atoms with van der Waals surface area (Å²) in [6.45, 7) is 2.92. The number of nitrogens with one attached hydrogen (secondary N) is 1. The van der Waals surface area contributed by atoms with E-state index in [9.17, 15) is 0 Å². The Balaban J connectivity index is 1.61. The highest BCUT2D eigenvalue weighted by Gasteiger charge is 2.22. The van der Waals surface area contributed by atoms with Gasteiger partial charge in [0.05, 0.1) is 13.2 Å². The number of aromatic nitrogens is 3. The van der Waals surface area contributed by atoms with E-state index in [4.69, 9.17) is 15.2 Å². The minimum atomic E-state index is 0.0518. The zero-order valence-electron chi connectivity index (χ0n) is 11.7. The van der Waals surface area contributed by atoms with Crippen molar-refractivity contribution in [1.82, 2.24) is 15.0 Å². The summed E-state index contributed by atoms with van der Waals surface area (Å²) in [5.74, 6) is 1.46. The molecule has 0 fully saturated rings. The third-order valence-corrected chi connectivity index (χ3v) is 3.11. The Bertz CT molecular complexity index is 610. The molecule has 7 nitrogen and oxygen atoms in total. The quantitative estimate of drug-likeness (QED) is 0.855. The maximum atomic E-state index is 5.84. The first-order chi connectivity index (χ1) is 10.2. The first-order valence-electron chi connectivity index (χ1n) is 6.87. The molecule has 2 aromatic rings. The van der Waals surface area contributed by atoms with Crippen LogP contribution in [0.5, 0.6) is 11.8 Å². The zero-order valence-corrected chi connectivity index (χ0v) is 11.7. The molecule has 110 valence electrons. The molecule has 2 heterocycles. The lowest BCUT2D eigenvalue weighted by Gasteiger charge is -2.12. The highest BCUT2D eigenvalue weighted by atomic mass is 16.5. The Hall–Kier alpha value is -2.57. The Morgan fingerprint density at radius 2 is 2.19 bits per heavy atom. The van der Waals surface area contributed by atoms with Crippen LogP contribution in [0.1, 0.15) is 12.5 Å². The zero-order chi connectivity index (χ0) is 14.7. The molecule has 1 aliphatic rings. The molecule has 0 spiro atoms. The average Bonchev–Trinajstić information content (AvgIpc) is 2.88. The monoisotopic (exact) mass is 287 g/mol. The average molecular weight is 287 g/mol. The van der Waals surface area contributed by atoms with E-state index in [1.165, 1.54) is 5.56 Å². The summed E-state index contributed by atoms with van der Waals surface area (Å²) >= 11 is 0. The fourth-order valence-electron chi connectivity index (χ4n) is 2.22. The van der Waals surface area contributed by atoms with Crippen LogP contribution in [0.4, 0.5) is 11.9 Å². The van der Waals surface area contributed by atoms with Crippen LogP contribution in [0.3, 0.4) is 0 Å². The topological polar surface area (TPSA) is 95.2 Å². The van der Waals surface area contributed by atoms with E-state index in [-0.39, 0.29) is 18.1 Å². The second kappa shape index (κ2) is 5.82. The Morgan fingerprint density at radius 1 is 1.33 bits per heavy atom. The Morgan fingerprint density at radius 3 is 3.00 bits per heavy atom. The molecule has 1 aromatic heterocycles. The van der Waals surface area contributed by atoms with E-state index in [0.29, 0.717) is 19.1 Å². The summed E-state index contributed by atoms with van der Waals surface area (Å²) in [5.41, 5.74) is 6.85. The van der Waals surface area contributed by atoms with Crippen LogP contribution >= 0.6 is 0 Å². The molecule has 0 saturated carbocycles. The third kappa shape index (κ3) is 3.13.